The summed E-state index contributed by atoms with van der Waals surface area (Å²) >= 11 is 3.74. The number of esters is 3. The number of nitrogens with two attached hydrogens (primary N) is 6. The van der Waals surface area contributed by atoms with E-state index in [1.165, 1.54) is 0 Å². The van der Waals surface area contributed by atoms with Gasteiger partial charge in [0.05, 0.1) is 6.42 Å². The molecule has 0 unspecified atom stereocenters. The summed E-state index contributed by atoms with van der Waals surface area (Å²) in [6.07, 6.45) is 2.83. The van der Waals surface area contributed by atoms with Crippen LogP contribution in [-0.4, -0.2) is 106 Å². The van der Waals surface area contributed by atoms with Crippen LogP contribution in [0, 0.1) is 5.92 Å². The normalized spacial score (nSPS) is 16.1. The van der Waals surface area contributed by atoms with Crippen LogP contribution in [0.25, 0.3) is 0 Å². The molecule has 56 heavy (non-hydrogen) atoms. The van der Waals surface area contributed by atoms with Gasteiger partial charge < -0.3 is 64.5 Å². The molecule has 0 spiro atoms. The number of rotatable bonds is 16. The lowest BCUT2D eigenvalue weighted by Crippen LogP contribution is -2.41. The summed E-state index contributed by atoms with van der Waals surface area (Å²) in [7, 11) is 0. The highest BCUT2D eigenvalue weighted by Gasteiger charge is 2.25. The van der Waals surface area contributed by atoms with Crippen LogP contribution >= 0.6 is 12.6 Å². The number of primary amides is 1. The Morgan fingerprint density at radius 1 is 0.768 bits per heavy atom. The Balaban J connectivity index is 0.000000752. The molecule has 1 fully saturated rings. The van der Waals surface area contributed by atoms with Crippen LogP contribution in [0.5, 0.6) is 5.75 Å². The fourth-order valence-corrected chi connectivity index (χ4v) is 4.33. The third-order valence-corrected chi connectivity index (χ3v) is 8.24. The molecular formula is C36H55N7O12S. The molecule has 19 nitrogen and oxygen atoms in total. The van der Waals surface area contributed by atoms with E-state index in [0.717, 1.165) is 36.9 Å². The van der Waals surface area contributed by atoms with Gasteiger partial charge in [0.1, 0.15) is 42.0 Å². The number of ether oxygens (including phenoxy) is 2. The van der Waals surface area contributed by atoms with Crippen molar-refractivity contribution >= 4 is 54.4 Å². The predicted molar refractivity (Wildman–Crippen MR) is 208 cm³/mol. The van der Waals surface area contributed by atoms with E-state index in [-0.39, 0.29) is 36.5 Å². The van der Waals surface area contributed by atoms with Gasteiger partial charge >= 0.3 is 35.8 Å². The molecule has 0 aromatic heterocycles. The van der Waals surface area contributed by atoms with E-state index in [0.29, 0.717) is 12.2 Å². The first-order valence-electron chi connectivity index (χ1n) is 17.4. The monoisotopic (exact) mass is 809 g/mol. The lowest BCUT2D eigenvalue weighted by Gasteiger charge is -2.11. The number of carbonyl (C=O) groups excluding carboxylic acids is 4. The zero-order chi connectivity index (χ0) is 43.0. The molecule has 1 aliphatic heterocycles. The van der Waals surface area contributed by atoms with E-state index in [9.17, 15) is 33.6 Å². The second-order valence-electron chi connectivity index (χ2n) is 12.6. The Morgan fingerprint density at radius 2 is 1.27 bits per heavy atom. The summed E-state index contributed by atoms with van der Waals surface area (Å²) in [5.74, 6) is -5.35. The van der Waals surface area contributed by atoms with E-state index < -0.39 is 66.0 Å². The van der Waals surface area contributed by atoms with Crippen LogP contribution in [0.15, 0.2) is 54.6 Å². The molecule has 7 atom stereocenters. The highest BCUT2D eigenvalue weighted by molar-refractivity contribution is 7.80. The molecule has 2 aromatic carbocycles. The number of thiol groups is 1. The standard InChI is InChI=1S/C14H18N2O4.C9H11NO2.C7H13N3O4S.C6H13NO2/c15-11(13(17)18)8-9-3-5-10(6-4-9)20-14(19)12-2-1-7-16-12;10-8(9(11)12)6-7-4-2-1-3-5-7;8-3(1-5(10)11)6(12)14-7(13)4(9)2-15;1-3-4(2)5(7)6(8)9/h3-6,11-12,16H,1-2,7-8,15H2,(H,17,18);1-5,8H,6,10H2,(H,11,12);3-4,15H,1-2,8-9H2,(H2,10,11);4-5H,3,7H2,1-2H3,(H,8,9)/t11-,12-;8-;3-,4-;4-,5-/m0000/s1. The molecule has 2 aromatic rings. The zero-order valence-corrected chi connectivity index (χ0v) is 32.2. The number of carboxylic acids is 3. The van der Waals surface area contributed by atoms with E-state index in [4.69, 9.17) is 54.5 Å². The highest BCUT2D eigenvalue weighted by atomic mass is 32.1. The number of hydrogen-bond acceptors (Lipinski definition) is 16. The lowest BCUT2D eigenvalue weighted by molar-refractivity contribution is -0.162. The minimum Gasteiger partial charge on any atom is -0.480 e. The maximum absolute atomic E-state index is 11.8. The molecule has 0 saturated carbocycles. The first kappa shape index (κ1) is 51.0. The van der Waals surface area contributed by atoms with E-state index in [2.05, 4.69) is 22.7 Å². The molecule has 1 saturated heterocycles. The van der Waals surface area contributed by atoms with Gasteiger partial charge in [0.2, 0.25) is 5.91 Å². The minimum absolute atomic E-state index is 0.0389. The van der Waals surface area contributed by atoms with Crippen LogP contribution in [0.3, 0.4) is 0 Å². The molecule has 0 radical (unpaired) electrons. The van der Waals surface area contributed by atoms with Crippen molar-refractivity contribution in [2.75, 3.05) is 12.3 Å². The van der Waals surface area contributed by atoms with Gasteiger partial charge in [-0.05, 0) is 61.4 Å². The van der Waals surface area contributed by atoms with Crippen LogP contribution in [0.2, 0.25) is 0 Å². The molecule has 1 heterocycles. The maximum Gasteiger partial charge on any atom is 0.331 e. The van der Waals surface area contributed by atoms with Crippen molar-refractivity contribution < 1.29 is 58.4 Å². The van der Waals surface area contributed by atoms with Crippen molar-refractivity contribution in [1.82, 2.24) is 5.32 Å². The summed E-state index contributed by atoms with van der Waals surface area (Å²) in [6.45, 7) is 4.60. The largest absolute Gasteiger partial charge is 0.480 e. The first-order valence-corrected chi connectivity index (χ1v) is 18.1. The minimum atomic E-state index is -1.25. The van der Waals surface area contributed by atoms with Crippen LogP contribution in [0.1, 0.15) is 50.7 Å². The SMILES string of the molecule is CC[C@H](C)[C@H](N)C(=O)O.NC(=O)C[C@H](N)C(=O)OC(=O)[C@@H](N)CS.N[C@@H](Cc1ccc(OC(=O)[C@@H]2CCCN2)cc1)C(=O)O.N[C@@H](Cc1ccccc1)C(=O)O. The Bertz CT molecular complexity index is 1550. The van der Waals surface area contributed by atoms with Crippen molar-refractivity contribution in [1.29, 1.82) is 0 Å². The average Bonchev–Trinajstić information content (AvgIpc) is 3.71. The summed E-state index contributed by atoms with van der Waals surface area (Å²) in [5.41, 5.74) is 33.1. The lowest BCUT2D eigenvalue weighted by atomic mass is 10.0. The van der Waals surface area contributed by atoms with Gasteiger partial charge in [0, 0.05) is 5.75 Å². The van der Waals surface area contributed by atoms with Crippen LogP contribution < -0.4 is 44.5 Å². The smallest absolute Gasteiger partial charge is 0.331 e. The van der Waals surface area contributed by atoms with Gasteiger partial charge in [-0.15, -0.1) is 0 Å². The summed E-state index contributed by atoms with van der Waals surface area (Å²) in [6, 6.07) is 11.2. The number of nitrogens with one attached hydrogen (secondary N) is 1. The van der Waals surface area contributed by atoms with Gasteiger partial charge in [-0.3, -0.25) is 19.2 Å². The van der Waals surface area contributed by atoms with Crippen molar-refractivity contribution in [3.8, 4) is 5.75 Å². The average molecular weight is 810 g/mol. The molecule has 0 aliphatic carbocycles. The third-order valence-electron chi connectivity index (χ3n) is 7.84. The van der Waals surface area contributed by atoms with Gasteiger partial charge in [-0.2, -0.15) is 12.6 Å². The van der Waals surface area contributed by atoms with Crippen molar-refractivity contribution in [3.05, 3.63) is 65.7 Å². The topological polar surface area (TPSA) is 367 Å². The molecular weight excluding hydrogens is 754 g/mol. The number of hydrogen-bond donors (Lipinski definition) is 11. The Kier molecular flexibility index (Phi) is 25.1. The first-order chi connectivity index (χ1) is 26.2. The van der Waals surface area contributed by atoms with Crippen molar-refractivity contribution in [2.24, 2.45) is 40.3 Å². The second-order valence-corrected chi connectivity index (χ2v) is 12.9. The Morgan fingerprint density at radius 3 is 1.66 bits per heavy atom. The fourth-order valence-electron chi connectivity index (χ4n) is 4.19. The van der Waals surface area contributed by atoms with Gasteiger partial charge in [0.15, 0.2) is 0 Å². The van der Waals surface area contributed by atoms with Crippen LogP contribution in [-0.2, 0) is 51.1 Å². The van der Waals surface area contributed by atoms with E-state index in [1.54, 1.807) is 24.3 Å². The van der Waals surface area contributed by atoms with Crippen molar-refractivity contribution in [3.63, 3.8) is 0 Å². The molecule has 16 N–H and O–H groups in total. The zero-order valence-electron chi connectivity index (χ0n) is 31.3. The summed E-state index contributed by atoms with van der Waals surface area (Å²) < 4.78 is 9.54. The van der Waals surface area contributed by atoms with Crippen molar-refractivity contribution in [2.45, 2.75) is 88.6 Å². The summed E-state index contributed by atoms with van der Waals surface area (Å²) in [4.78, 5) is 75.4. The maximum atomic E-state index is 11.8. The number of carbonyl (C=O) groups is 7. The highest BCUT2D eigenvalue weighted by Crippen LogP contribution is 2.16. The van der Waals surface area contributed by atoms with E-state index in [1.807, 2.05) is 44.2 Å². The number of benzene rings is 2. The van der Waals surface area contributed by atoms with Gasteiger partial charge in [-0.1, -0.05) is 62.7 Å². The molecule has 312 valence electrons. The van der Waals surface area contributed by atoms with Crippen LogP contribution in [0.4, 0.5) is 0 Å². The number of carboxylic acid groups (broad SMARTS) is 3. The number of aliphatic carboxylic acids is 3. The van der Waals surface area contributed by atoms with Gasteiger partial charge in [0.25, 0.3) is 0 Å². The molecule has 0 bridgehead atoms. The number of amides is 1. The third kappa shape index (κ3) is 21.8. The van der Waals surface area contributed by atoms with E-state index >= 15 is 0 Å². The molecule has 3 rings (SSSR count). The Labute approximate surface area is 330 Å². The predicted octanol–water partition coefficient (Wildman–Crippen LogP) is -1.10. The molecule has 1 aliphatic rings. The molecule has 20 heteroatoms. The fraction of sp³-hybridized carbons (Fsp3) is 0.472. The Hall–Kier alpha value is -4.96. The molecule has 1 amide bonds. The second kappa shape index (κ2) is 27.6. The quantitative estimate of drug-likeness (QED) is 0.0415. The van der Waals surface area contributed by atoms with Gasteiger partial charge in [-0.25, -0.2) is 14.4 Å². The summed E-state index contributed by atoms with van der Waals surface area (Å²) in [5, 5.41) is 28.7.